The minimum Gasteiger partial charge on any atom is -0.389 e. The highest BCUT2D eigenvalue weighted by Gasteiger charge is 2.46. The molecule has 198 valence electrons. The van der Waals surface area contributed by atoms with Crippen molar-refractivity contribution < 1.29 is 5.11 Å². The molecule has 1 fully saturated rings. The molecule has 1 atom stereocenters. The number of benzene rings is 1. The van der Waals surface area contributed by atoms with Crippen molar-refractivity contribution in [1.82, 2.24) is 19.5 Å². The molecule has 38 heavy (non-hydrogen) atoms. The third kappa shape index (κ3) is 4.62. The topological polar surface area (TPSA) is 110 Å². The van der Waals surface area contributed by atoms with E-state index in [0.29, 0.717) is 25.8 Å². The van der Waals surface area contributed by atoms with Crippen LogP contribution in [0, 0.1) is 5.41 Å². The van der Waals surface area contributed by atoms with Gasteiger partial charge in [0, 0.05) is 28.9 Å². The number of hydrogen-bond donors (Lipinski definition) is 2. The first kappa shape index (κ1) is 25.8. The highest BCUT2D eigenvalue weighted by molar-refractivity contribution is 7.99. The van der Waals surface area contributed by atoms with Crippen LogP contribution in [0.1, 0.15) is 43.2 Å². The zero-order valence-electron chi connectivity index (χ0n) is 21.2. The lowest BCUT2D eigenvalue weighted by molar-refractivity contribution is 0.0603. The molecule has 1 aromatic carbocycles. The summed E-state index contributed by atoms with van der Waals surface area (Å²) in [7, 11) is 0. The molecule has 1 aliphatic heterocycles. The van der Waals surface area contributed by atoms with E-state index < -0.39 is 5.60 Å². The smallest absolute Gasteiger partial charge is 0.262 e. The first-order chi connectivity index (χ1) is 18.1. The third-order valence-corrected chi connectivity index (χ3v) is 10.2. The first-order valence-corrected chi connectivity index (χ1v) is 14.7. The van der Waals surface area contributed by atoms with Gasteiger partial charge in [-0.3, -0.25) is 9.36 Å². The number of fused-ring (bicyclic) bond motifs is 2. The lowest BCUT2D eigenvalue weighted by Crippen LogP contribution is -2.44. The average Bonchev–Trinajstić information content (AvgIpc) is 3.43. The molecule has 0 amide bonds. The van der Waals surface area contributed by atoms with E-state index in [0.717, 1.165) is 38.2 Å². The van der Waals surface area contributed by atoms with Crippen molar-refractivity contribution in [3.8, 4) is 0 Å². The summed E-state index contributed by atoms with van der Waals surface area (Å²) in [6.45, 7) is 5.22. The summed E-state index contributed by atoms with van der Waals surface area (Å²) in [6.07, 6.45) is 8.15. The second-order valence-corrected chi connectivity index (χ2v) is 13.3. The fourth-order valence-electron chi connectivity index (χ4n) is 5.63. The molecule has 0 saturated carbocycles. The number of hydrogen-bond acceptors (Lipinski definition) is 9. The lowest BCUT2D eigenvalue weighted by atomic mass is 9.73. The quantitative estimate of drug-likeness (QED) is 0.357. The molecular formula is C27H29ClN6O2S2. The fraction of sp³-hybridized carbons (Fsp3) is 0.407. The van der Waals surface area contributed by atoms with Gasteiger partial charge in [-0.15, -0.1) is 11.3 Å². The number of nitrogens with two attached hydrogens (primary N) is 1. The van der Waals surface area contributed by atoms with Crippen LogP contribution in [0.4, 0.5) is 5.82 Å². The maximum absolute atomic E-state index is 13.1. The van der Waals surface area contributed by atoms with E-state index in [9.17, 15) is 9.90 Å². The molecule has 4 aromatic rings. The van der Waals surface area contributed by atoms with Gasteiger partial charge in [-0.25, -0.2) is 15.0 Å². The SMILES string of the molecule is CC(C)(O)Cn1cnc2ccc(Sc3cnc(N4CCC5(CC4)Cc4ccsc4[C@@H]5N)cn3)c(Cl)c2c1=O. The monoisotopic (exact) mass is 568 g/mol. The van der Waals surface area contributed by atoms with Crippen molar-refractivity contribution in [2.75, 3.05) is 18.0 Å². The summed E-state index contributed by atoms with van der Waals surface area (Å²) < 4.78 is 1.39. The highest BCUT2D eigenvalue weighted by Crippen LogP contribution is 2.52. The summed E-state index contributed by atoms with van der Waals surface area (Å²) in [5.41, 5.74) is 7.44. The van der Waals surface area contributed by atoms with Gasteiger partial charge in [0.1, 0.15) is 10.8 Å². The summed E-state index contributed by atoms with van der Waals surface area (Å²) in [6, 6.07) is 5.97. The van der Waals surface area contributed by atoms with Crippen molar-refractivity contribution >= 4 is 51.4 Å². The summed E-state index contributed by atoms with van der Waals surface area (Å²) in [5, 5.41) is 13.6. The van der Waals surface area contributed by atoms with Crippen LogP contribution >= 0.6 is 34.7 Å². The maximum atomic E-state index is 13.1. The van der Waals surface area contributed by atoms with Crippen LogP contribution in [-0.2, 0) is 13.0 Å². The molecule has 3 aromatic heterocycles. The molecule has 1 aliphatic carbocycles. The van der Waals surface area contributed by atoms with Crippen LogP contribution in [0.15, 0.2) is 57.0 Å². The van der Waals surface area contributed by atoms with Gasteiger partial charge in [-0.2, -0.15) is 0 Å². The normalized spacial score (nSPS) is 18.9. The van der Waals surface area contributed by atoms with Crippen LogP contribution in [0.3, 0.4) is 0 Å². The summed E-state index contributed by atoms with van der Waals surface area (Å²) >= 11 is 9.83. The van der Waals surface area contributed by atoms with Gasteiger partial charge < -0.3 is 15.7 Å². The molecule has 0 unspecified atom stereocenters. The molecule has 3 N–H and O–H groups in total. The van der Waals surface area contributed by atoms with Gasteiger partial charge in [0.2, 0.25) is 0 Å². The Labute approximate surface area is 233 Å². The van der Waals surface area contributed by atoms with Crippen molar-refractivity contribution in [1.29, 1.82) is 0 Å². The Kier molecular flexibility index (Phi) is 6.51. The zero-order valence-corrected chi connectivity index (χ0v) is 23.6. The molecular weight excluding hydrogens is 540 g/mol. The predicted molar refractivity (Wildman–Crippen MR) is 152 cm³/mol. The summed E-state index contributed by atoms with van der Waals surface area (Å²) in [5.74, 6) is 0.855. The van der Waals surface area contributed by atoms with E-state index in [1.54, 1.807) is 43.6 Å². The van der Waals surface area contributed by atoms with Gasteiger partial charge in [0.25, 0.3) is 5.56 Å². The van der Waals surface area contributed by atoms with Crippen molar-refractivity contribution in [2.45, 2.75) is 61.2 Å². The Bertz CT molecular complexity index is 1550. The minimum absolute atomic E-state index is 0.119. The minimum atomic E-state index is -1.05. The van der Waals surface area contributed by atoms with Crippen LogP contribution < -0.4 is 16.2 Å². The number of rotatable bonds is 5. The average molecular weight is 569 g/mol. The van der Waals surface area contributed by atoms with Gasteiger partial charge in [-0.1, -0.05) is 23.4 Å². The van der Waals surface area contributed by atoms with E-state index in [-0.39, 0.29) is 23.6 Å². The molecule has 1 spiro atoms. The first-order valence-electron chi connectivity index (χ1n) is 12.6. The molecule has 8 nitrogen and oxygen atoms in total. The second kappa shape index (κ2) is 9.60. The molecule has 0 bridgehead atoms. The lowest BCUT2D eigenvalue weighted by Gasteiger charge is -2.42. The molecule has 0 radical (unpaired) electrons. The van der Waals surface area contributed by atoms with Gasteiger partial charge in [0.05, 0.1) is 46.8 Å². The number of anilines is 1. The molecule has 1 saturated heterocycles. The van der Waals surface area contributed by atoms with Crippen molar-refractivity contribution in [3.05, 3.63) is 68.1 Å². The Morgan fingerprint density at radius 2 is 2.00 bits per heavy atom. The number of halogens is 1. The standard InChI is InChI=1S/C27H29ClN6O2S2/c1-26(2,36)14-34-15-32-17-3-4-18(22(28)21(17)25(34)35)38-20-13-30-19(12-31-20)33-8-6-27(7-9-33)11-16-5-10-37-23(16)24(27)29/h3-5,10,12-13,15,24,36H,6-9,11,14,29H2,1-2H3/t24-/m0/s1. The largest absolute Gasteiger partial charge is 0.389 e. The van der Waals surface area contributed by atoms with E-state index in [4.69, 9.17) is 22.3 Å². The maximum Gasteiger partial charge on any atom is 0.262 e. The van der Waals surface area contributed by atoms with Crippen molar-refractivity contribution in [2.24, 2.45) is 11.1 Å². The Morgan fingerprint density at radius 3 is 2.68 bits per heavy atom. The van der Waals surface area contributed by atoms with Crippen molar-refractivity contribution in [3.63, 3.8) is 0 Å². The van der Waals surface area contributed by atoms with Crippen LogP contribution in [-0.4, -0.2) is 43.3 Å². The van der Waals surface area contributed by atoms with Gasteiger partial charge in [-0.05, 0) is 67.7 Å². The Morgan fingerprint density at radius 1 is 1.21 bits per heavy atom. The number of nitrogens with zero attached hydrogens (tertiary/aromatic N) is 5. The van der Waals surface area contributed by atoms with Gasteiger partial charge >= 0.3 is 0 Å². The van der Waals surface area contributed by atoms with E-state index in [1.165, 1.54) is 33.1 Å². The highest BCUT2D eigenvalue weighted by atomic mass is 35.5. The summed E-state index contributed by atoms with van der Waals surface area (Å²) in [4.78, 5) is 31.1. The van der Waals surface area contributed by atoms with Crippen LogP contribution in [0.5, 0.6) is 0 Å². The van der Waals surface area contributed by atoms with E-state index in [2.05, 4.69) is 26.3 Å². The Hall–Kier alpha value is -2.50. The number of thiophene rings is 1. The third-order valence-electron chi connectivity index (χ3n) is 7.63. The second-order valence-electron chi connectivity index (χ2n) is 10.9. The predicted octanol–water partition coefficient (Wildman–Crippen LogP) is 4.67. The van der Waals surface area contributed by atoms with E-state index >= 15 is 0 Å². The number of piperidine rings is 1. The fourth-order valence-corrected chi connectivity index (χ4v) is 7.82. The van der Waals surface area contributed by atoms with Crippen LogP contribution in [0.25, 0.3) is 10.9 Å². The Balaban J connectivity index is 1.17. The van der Waals surface area contributed by atoms with Crippen LogP contribution in [0.2, 0.25) is 5.02 Å². The van der Waals surface area contributed by atoms with E-state index in [1.807, 2.05) is 6.07 Å². The molecule has 11 heteroatoms. The zero-order chi connectivity index (χ0) is 26.7. The molecule has 2 aliphatic rings. The molecule has 6 rings (SSSR count). The number of aromatic nitrogens is 4. The molecule has 4 heterocycles. The van der Waals surface area contributed by atoms with Gasteiger partial charge in [0.15, 0.2) is 0 Å². The number of aliphatic hydroxyl groups is 1.